The Morgan fingerprint density at radius 1 is 0.957 bits per heavy atom. The molecular formula is C14H19NO8. The van der Waals surface area contributed by atoms with Crippen LogP contribution in [0.15, 0.2) is 24.3 Å². The van der Waals surface area contributed by atoms with Gasteiger partial charge in [-0.25, -0.2) is 4.79 Å². The molecule has 9 nitrogen and oxygen atoms in total. The minimum Gasteiger partial charge on any atom is -0.491 e. The van der Waals surface area contributed by atoms with Crippen molar-refractivity contribution in [3.05, 3.63) is 34.4 Å². The average molecular weight is 329 g/mol. The smallest absolute Gasteiger partial charge is 0.329 e. The van der Waals surface area contributed by atoms with Gasteiger partial charge in [0.2, 0.25) is 0 Å². The molecule has 128 valence electrons. The summed E-state index contributed by atoms with van der Waals surface area (Å²) in [5.41, 5.74) is 0.0121. The van der Waals surface area contributed by atoms with Gasteiger partial charge in [0.1, 0.15) is 19.0 Å². The number of nitro benzene ring substituents is 1. The lowest BCUT2D eigenvalue weighted by atomic mass is 10.3. The van der Waals surface area contributed by atoms with Crippen LogP contribution < -0.4 is 4.74 Å². The van der Waals surface area contributed by atoms with Gasteiger partial charge >= 0.3 is 5.97 Å². The van der Waals surface area contributed by atoms with Crippen LogP contribution in [0.25, 0.3) is 0 Å². The van der Waals surface area contributed by atoms with Crippen molar-refractivity contribution in [1.82, 2.24) is 0 Å². The quantitative estimate of drug-likeness (QED) is 0.325. The molecular weight excluding hydrogens is 310 g/mol. The number of aliphatic carboxylic acids is 1. The molecule has 23 heavy (non-hydrogen) atoms. The van der Waals surface area contributed by atoms with E-state index in [0.717, 1.165) is 0 Å². The minimum atomic E-state index is -1.01. The van der Waals surface area contributed by atoms with Gasteiger partial charge in [0.25, 0.3) is 5.69 Å². The van der Waals surface area contributed by atoms with Crippen LogP contribution in [0.4, 0.5) is 5.69 Å². The highest BCUT2D eigenvalue weighted by atomic mass is 16.6. The van der Waals surface area contributed by atoms with E-state index in [9.17, 15) is 14.9 Å². The summed E-state index contributed by atoms with van der Waals surface area (Å²) in [5, 5.41) is 18.8. The first kappa shape index (κ1) is 18.8. The summed E-state index contributed by atoms with van der Waals surface area (Å²) >= 11 is 0. The summed E-state index contributed by atoms with van der Waals surface area (Å²) in [6, 6.07) is 5.80. The molecule has 0 saturated heterocycles. The first-order chi connectivity index (χ1) is 11.1. The number of carboxylic acid groups (broad SMARTS) is 1. The maximum Gasteiger partial charge on any atom is 0.329 e. The van der Waals surface area contributed by atoms with Gasteiger partial charge in [-0.15, -0.1) is 0 Å². The van der Waals surface area contributed by atoms with E-state index >= 15 is 0 Å². The van der Waals surface area contributed by atoms with Crippen molar-refractivity contribution in [2.24, 2.45) is 0 Å². The van der Waals surface area contributed by atoms with E-state index in [1.807, 2.05) is 0 Å². The van der Waals surface area contributed by atoms with E-state index in [0.29, 0.717) is 38.8 Å². The van der Waals surface area contributed by atoms with E-state index in [2.05, 4.69) is 0 Å². The molecule has 0 unspecified atom stereocenters. The lowest BCUT2D eigenvalue weighted by Crippen LogP contribution is -2.14. The molecule has 0 spiro atoms. The van der Waals surface area contributed by atoms with Gasteiger partial charge < -0.3 is 24.1 Å². The van der Waals surface area contributed by atoms with Gasteiger partial charge in [-0.3, -0.25) is 10.1 Å². The molecule has 0 aromatic heterocycles. The Hall–Kier alpha value is -2.23. The second-order valence-corrected chi connectivity index (χ2v) is 4.27. The number of nitro groups is 1. The largest absolute Gasteiger partial charge is 0.491 e. The van der Waals surface area contributed by atoms with Gasteiger partial charge in [-0.2, -0.15) is 0 Å². The summed E-state index contributed by atoms with van der Waals surface area (Å²) in [7, 11) is 0. The van der Waals surface area contributed by atoms with E-state index < -0.39 is 10.9 Å². The Balaban J connectivity index is 1.93. The van der Waals surface area contributed by atoms with Crippen molar-refractivity contribution >= 4 is 11.7 Å². The molecule has 1 N–H and O–H groups in total. The zero-order valence-electron chi connectivity index (χ0n) is 12.5. The Morgan fingerprint density at radius 2 is 1.48 bits per heavy atom. The molecule has 0 heterocycles. The number of hydrogen-bond donors (Lipinski definition) is 1. The molecule has 0 radical (unpaired) electrons. The standard InChI is InChI=1S/C14H19NO8/c16-14(17)11-22-8-7-20-5-6-21-9-10-23-13-3-1-12(2-4-13)15(18)19/h1-4H,5-11H2,(H,16,17). The molecule has 1 rings (SSSR count). The molecule has 0 bridgehead atoms. The highest BCUT2D eigenvalue weighted by Crippen LogP contribution is 2.16. The first-order valence-electron chi connectivity index (χ1n) is 6.92. The van der Waals surface area contributed by atoms with Crippen LogP contribution in [0.5, 0.6) is 5.75 Å². The van der Waals surface area contributed by atoms with Gasteiger partial charge in [-0.1, -0.05) is 0 Å². The van der Waals surface area contributed by atoms with Crippen LogP contribution in [0, 0.1) is 10.1 Å². The van der Waals surface area contributed by atoms with Gasteiger partial charge in [0.05, 0.1) is 38.0 Å². The third-order valence-corrected chi connectivity index (χ3v) is 2.51. The number of rotatable bonds is 13. The second-order valence-electron chi connectivity index (χ2n) is 4.27. The third-order valence-electron chi connectivity index (χ3n) is 2.51. The van der Waals surface area contributed by atoms with Crippen molar-refractivity contribution in [2.75, 3.05) is 46.2 Å². The molecule has 0 fully saturated rings. The first-order valence-corrected chi connectivity index (χ1v) is 6.92. The third kappa shape index (κ3) is 9.40. The molecule has 0 amide bonds. The van der Waals surface area contributed by atoms with Crippen molar-refractivity contribution in [3.63, 3.8) is 0 Å². The number of ether oxygens (including phenoxy) is 4. The number of hydrogen-bond acceptors (Lipinski definition) is 7. The predicted molar refractivity (Wildman–Crippen MR) is 78.7 cm³/mol. The van der Waals surface area contributed by atoms with E-state index in [-0.39, 0.29) is 18.9 Å². The topological polar surface area (TPSA) is 117 Å². The lowest BCUT2D eigenvalue weighted by molar-refractivity contribution is -0.384. The maximum atomic E-state index is 10.5. The summed E-state index contributed by atoms with van der Waals surface area (Å²) in [5.74, 6) is -0.479. The molecule has 0 aliphatic rings. The zero-order chi connectivity index (χ0) is 16.9. The van der Waals surface area contributed by atoms with Crippen LogP contribution in [0.2, 0.25) is 0 Å². The van der Waals surface area contributed by atoms with Crippen LogP contribution in [0.3, 0.4) is 0 Å². The molecule has 9 heteroatoms. The van der Waals surface area contributed by atoms with Crippen molar-refractivity contribution < 1.29 is 33.8 Å². The zero-order valence-corrected chi connectivity index (χ0v) is 12.5. The number of nitrogens with zero attached hydrogens (tertiary/aromatic N) is 1. The molecule has 0 aliphatic heterocycles. The number of carboxylic acids is 1. The maximum absolute atomic E-state index is 10.5. The fourth-order valence-corrected chi connectivity index (χ4v) is 1.48. The van der Waals surface area contributed by atoms with E-state index in [1.54, 1.807) is 0 Å². The normalized spacial score (nSPS) is 10.4. The SMILES string of the molecule is O=C(O)COCCOCCOCCOc1ccc([N+](=O)[O-])cc1. The molecule has 0 saturated carbocycles. The van der Waals surface area contributed by atoms with Crippen molar-refractivity contribution in [3.8, 4) is 5.75 Å². The van der Waals surface area contributed by atoms with Crippen LogP contribution in [-0.4, -0.2) is 62.2 Å². The van der Waals surface area contributed by atoms with Crippen LogP contribution >= 0.6 is 0 Å². The average Bonchev–Trinajstić information content (AvgIpc) is 2.52. The monoisotopic (exact) mass is 329 g/mol. The predicted octanol–water partition coefficient (Wildman–Crippen LogP) is 1.11. The van der Waals surface area contributed by atoms with E-state index in [1.165, 1.54) is 24.3 Å². The fourth-order valence-electron chi connectivity index (χ4n) is 1.48. The highest BCUT2D eigenvalue weighted by molar-refractivity contribution is 5.67. The molecule has 0 atom stereocenters. The van der Waals surface area contributed by atoms with Gasteiger partial charge in [-0.05, 0) is 12.1 Å². The van der Waals surface area contributed by atoms with Crippen molar-refractivity contribution in [1.29, 1.82) is 0 Å². The number of non-ortho nitro benzene ring substituents is 1. The molecule has 1 aromatic carbocycles. The summed E-state index contributed by atoms with van der Waals surface area (Å²) in [4.78, 5) is 20.2. The fraction of sp³-hybridized carbons (Fsp3) is 0.500. The summed E-state index contributed by atoms with van der Waals surface area (Å²) in [6.45, 7) is 1.61. The Bertz CT molecular complexity index is 476. The van der Waals surface area contributed by atoms with Crippen LogP contribution in [-0.2, 0) is 19.0 Å². The Labute approximate surface area is 132 Å². The Kier molecular flexibility index (Phi) is 9.29. The number of carbonyl (C=O) groups is 1. The second kappa shape index (κ2) is 11.4. The van der Waals surface area contributed by atoms with Crippen molar-refractivity contribution in [2.45, 2.75) is 0 Å². The van der Waals surface area contributed by atoms with E-state index in [4.69, 9.17) is 24.1 Å². The van der Waals surface area contributed by atoms with Gasteiger partial charge in [0.15, 0.2) is 0 Å². The Morgan fingerprint density at radius 3 is 2.00 bits per heavy atom. The highest BCUT2D eigenvalue weighted by Gasteiger charge is 2.04. The molecule has 1 aromatic rings. The summed E-state index contributed by atoms with van der Waals surface area (Å²) < 4.78 is 20.6. The molecule has 0 aliphatic carbocycles. The minimum absolute atomic E-state index is 0.0121. The lowest BCUT2D eigenvalue weighted by Gasteiger charge is -2.07. The number of benzene rings is 1. The summed E-state index contributed by atoms with van der Waals surface area (Å²) in [6.07, 6.45) is 0. The van der Waals surface area contributed by atoms with Crippen LogP contribution in [0.1, 0.15) is 0 Å². The van der Waals surface area contributed by atoms with Gasteiger partial charge in [0, 0.05) is 12.1 Å².